The molecule has 3 aromatic carbocycles. The Morgan fingerprint density at radius 3 is 2.04 bits per heavy atom. The standard InChI is InChI=1S/C21H18BrN/c1-16(23-15-17-7-13-21(22)14-8-17)18-9-11-20(12-10-18)19-5-3-2-4-6-19/h2-14,23H,1,15H2. The van der Waals surface area contributed by atoms with Crippen LogP contribution in [0.5, 0.6) is 0 Å². The molecule has 0 saturated carbocycles. The first-order valence-corrected chi connectivity index (χ1v) is 8.35. The van der Waals surface area contributed by atoms with Crippen molar-refractivity contribution in [3.63, 3.8) is 0 Å². The van der Waals surface area contributed by atoms with Gasteiger partial charge in [0.05, 0.1) is 0 Å². The van der Waals surface area contributed by atoms with Gasteiger partial charge in [0.2, 0.25) is 0 Å². The van der Waals surface area contributed by atoms with Gasteiger partial charge in [-0.15, -0.1) is 0 Å². The highest BCUT2D eigenvalue weighted by Crippen LogP contribution is 2.21. The van der Waals surface area contributed by atoms with E-state index in [0.717, 1.165) is 22.3 Å². The molecule has 114 valence electrons. The minimum atomic E-state index is 0.770. The summed E-state index contributed by atoms with van der Waals surface area (Å²) in [5, 5.41) is 3.38. The lowest BCUT2D eigenvalue weighted by atomic mass is 10.0. The first-order chi connectivity index (χ1) is 11.2. The number of benzene rings is 3. The molecular formula is C21H18BrN. The van der Waals surface area contributed by atoms with E-state index in [1.54, 1.807) is 0 Å². The third-order valence-electron chi connectivity index (χ3n) is 3.76. The number of rotatable bonds is 5. The lowest BCUT2D eigenvalue weighted by Crippen LogP contribution is -2.10. The highest BCUT2D eigenvalue weighted by atomic mass is 79.9. The highest BCUT2D eigenvalue weighted by molar-refractivity contribution is 9.10. The van der Waals surface area contributed by atoms with E-state index in [1.165, 1.54) is 16.7 Å². The molecule has 0 aliphatic heterocycles. The minimum Gasteiger partial charge on any atom is -0.381 e. The average Bonchev–Trinajstić information content (AvgIpc) is 2.62. The zero-order chi connectivity index (χ0) is 16.1. The largest absolute Gasteiger partial charge is 0.381 e. The molecule has 0 amide bonds. The Kier molecular flexibility index (Phi) is 4.94. The monoisotopic (exact) mass is 363 g/mol. The van der Waals surface area contributed by atoms with Gasteiger partial charge in [0, 0.05) is 16.7 Å². The molecule has 23 heavy (non-hydrogen) atoms. The van der Waals surface area contributed by atoms with Gasteiger partial charge in [0.15, 0.2) is 0 Å². The van der Waals surface area contributed by atoms with Crippen LogP contribution >= 0.6 is 15.9 Å². The number of hydrogen-bond donors (Lipinski definition) is 1. The molecule has 3 aromatic rings. The van der Waals surface area contributed by atoms with Gasteiger partial charge in [0.25, 0.3) is 0 Å². The molecule has 0 saturated heterocycles. The highest BCUT2D eigenvalue weighted by Gasteiger charge is 2.01. The van der Waals surface area contributed by atoms with Crippen molar-refractivity contribution in [1.29, 1.82) is 0 Å². The molecule has 0 heterocycles. The molecule has 0 unspecified atom stereocenters. The summed E-state index contributed by atoms with van der Waals surface area (Å²) < 4.78 is 1.09. The van der Waals surface area contributed by atoms with Gasteiger partial charge in [-0.25, -0.2) is 0 Å². The fraction of sp³-hybridized carbons (Fsp3) is 0.0476. The molecule has 0 aliphatic carbocycles. The average molecular weight is 364 g/mol. The second kappa shape index (κ2) is 7.30. The van der Waals surface area contributed by atoms with E-state index in [0.29, 0.717) is 0 Å². The van der Waals surface area contributed by atoms with Crippen molar-refractivity contribution in [2.24, 2.45) is 0 Å². The Morgan fingerprint density at radius 1 is 0.783 bits per heavy atom. The van der Waals surface area contributed by atoms with Crippen LogP contribution in [0.1, 0.15) is 11.1 Å². The smallest absolute Gasteiger partial charge is 0.0400 e. The maximum Gasteiger partial charge on any atom is 0.0400 e. The summed E-state index contributed by atoms with van der Waals surface area (Å²) in [7, 11) is 0. The summed E-state index contributed by atoms with van der Waals surface area (Å²) in [6, 6.07) is 27.2. The summed E-state index contributed by atoms with van der Waals surface area (Å²) in [6.07, 6.45) is 0. The van der Waals surface area contributed by atoms with Crippen LogP contribution in [0.3, 0.4) is 0 Å². The first-order valence-electron chi connectivity index (χ1n) is 7.55. The molecule has 3 rings (SSSR count). The second-order valence-corrected chi connectivity index (χ2v) is 6.32. The summed E-state index contributed by atoms with van der Waals surface area (Å²) in [5.74, 6) is 0. The van der Waals surface area contributed by atoms with Crippen LogP contribution in [-0.4, -0.2) is 0 Å². The molecule has 0 radical (unpaired) electrons. The molecule has 1 N–H and O–H groups in total. The molecule has 0 aliphatic rings. The molecule has 0 atom stereocenters. The second-order valence-electron chi connectivity index (χ2n) is 5.40. The molecule has 0 bridgehead atoms. The van der Waals surface area contributed by atoms with Gasteiger partial charge in [0.1, 0.15) is 0 Å². The maximum absolute atomic E-state index is 4.14. The molecule has 0 fully saturated rings. The summed E-state index contributed by atoms with van der Waals surface area (Å²) in [6.45, 7) is 4.91. The topological polar surface area (TPSA) is 12.0 Å². The van der Waals surface area contributed by atoms with Crippen LogP contribution in [0.15, 0.2) is 89.9 Å². The van der Waals surface area contributed by atoms with E-state index in [9.17, 15) is 0 Å². The molecule has 0 aromatic heterocycles. The fourth-order valence-corrected chi connectivity index (χ4v) is 2.67. The number of halogens is 1. The number of nitrogens with one attached hydrogen (secondary N) is 1. The Morgan fingerprint density at radius 2 is 1.39 bits per heavy atom. The van der Waals surface area contributed by atoms with Crippen LogP contribution in [0.25, 0.3) is 16.8 Å². The predicted molar refractivity (Wildman–Crippen MR) is 102 cm³/mol. The van der Waals surface area contributed by atoms with E-state index in [2.05, 4.69) is 101 Å². The zero-order valence-electron chi connectivity index (χ0n) is 12.8. The van der Waals surface area contributed by atoms with E-state index in [4.69, 9.17) is 0 Å². The maximum atomic E-state index is 4.14. The van der Waals surface area contributed by atoms with E-state index in [-0.39, 0.29) is 0 Å². The van der Waals surface area contributed by atoms with Gasteiger partial charge < -0.3 is 5.32 Å². The zero-order valence-corrected chi connectivity index (χ0v) is 14.4. The fourth-order valence-electron chi connectivity index (χ4n) is 2.41. The van der Waals surface area contributed by atoms with Crippen molar-refractivity contribution in [2.45, 2.75) is 6.54 Å². The first kappa shape index (κ1) is 15.6. The van der Waals surface area contributed by atoms with Gasteiger partial charge in [-0.05, 0) is 34.4 Å². The van der Waals surface area contributed by atoms with Crippen molar-refractivity contribution in [3.05, 3.63) is 101 Å². The van der Waals surface area contributed by atoms with E-state index >= 15 is 0 Å². The van der Waals surface area contributed by atoms with Crippen molar-refractivity contribution in [3.8, 4) is 11.1 Å². The van der Waals surface area contributed by atoms with Crippen molar-refractivity contribution < 1.29 is 0 Å². The molecular weight excluding hydrogens is 346 g/mol. The van der Waals surface area contributed by atoms with Gasteiger partial charge in [-0.1, -0.05) is 89.2 Å². The Hall–Kier alpha value is -2.32. The normalized spacial score (nSPS) is 10.3. The Bertz CT molecular complexity index is 774. The SMILES string of the molecule is C=C(NCc1ccc(Br)cc1)c1ccc(-c2ccccc2)cc1. The minimum absolute atomic E-state index is 0.770. The third kappa shape index (κ3) is 4.11. The lowest BCUT2D eigenvalue weighted by molar-refractivity contribution is 0.891. The van der Waals surface area contributed by atoms with Crippen LogP contribution in [0.2, 0.25) is 0 Å². The summed E-state index contributed by atoms with van der Waals surface area (Å²) >= 11 is 3.45. The van der Waals surface area contributed by atoms with E-state index in [1.807, 2.05) is 6.07 Å². The van der Waals surface area contributed by atoms with Crippen LogP contribution < -0.4 is 5.32 Å². The van der Waals surface area contributed by atoms with Gasteiger partial charge in [-0.3, -0.25) is 0 Å². The molecule has 0 spiro atoms. The van der Waals surface area contributed by atoms with Crippen molar-refractivity contribution in [2.75, 3.05) is 0 Å². The van der Waals surface area contributed by atoms with E-state index < -0.39 is 0 Å². The van der Waals surface area contributed by atoms with Crippen molar-refractivity contribution in [1.82, 2.24) is 5.32 Å². The van der Waals surface area contributed by atoms with Crippen LogP contribution in [0, 0.1) is 0 Å². The predicted octanol–water partition coefficient (Wildman–Crippen LogP) is 5.88. The molecule has 1 nitrogen and oxygen atoms in total. The third-order valence-corrected chi connectivity index (χ3v) is 4.29. The number of hydrogen-bond acceptors (Lipinski definition) is 1. The quantitative estimate of drug-likeness (QED) is 0.596. The van der Waals surface area contributed by atoms with Crippen molar-refractivity contribution >= 4 is 21.6 Å². The van der Waals surface area contributed by atoms with Gasteiger partial charge >= 0.3 is 0 Å². The molecule has 2 heteroatoms. The van der Waals surface area contributed by atoms with Crippen LogP contribution in [-0.2, 0) is 6.54 Å². The summed E-state index contributed by atoms with van der Waals surface area (Å²) in [5.41, 5.74) is 5.73. The van der Waals surface area contributed by atoms with Crippen LogP contribution in [0.4, 0.5) is 0 Å². The Balaban J connectivity index is 1.65. The van der Waals surface area contributed by atoms with Gasteiger partial charge in [-0.2, -0.15) is 0 Å². The Labute approximate surface area is 145 Å². The summed E-state index contributed by atoms with van der Waals surface area (Å²) in [4.78, 5) is 0. The lowest BCUT2D eigenvalue weighted by Gasteiger charge is -2.11.